The normalized spacial score (nSPS) is 35.9. The van der Waals surface area contributed by atoms with Crippen LogP contribution in [0.15, 0.2) is 12.2 Å². The summed E-state index contributed by atoms with van der Waals surface area (Å²) in [5, 5.41) is 3.14. The third kappa shape index (κ3) is 3.24. The van der Waals surface area contributed by atoms with Gasteiger partial charge in [0, 0.05) is 12.8 Å². The van der Waals surface area contributed by atoms with E-state index in [1.807, 2.05) is 0 Å². The van der Waals surface area contributed by atoms with Gasteiger partial charge in [0.1, 0.15) is 12.1 Å². The smallest absolute Gasteiger partial charge is 0.240 e. The van der Waals surface area contributed by atoms with Gasteiger partial charge in [-0.25, -0.2) is 0 Å². The van der Waals surface area contributed by atoms with Crippen molar-refractivity contribution < 1.29 is 19.3 Å². The third-order valence-corrected chi connectivity index (χ3v) is 8.51. The Morgan fingerprint density at radius 3 is 2.17 bits per heavy atom. The molecule has 3 aliphatic carbocycles. The van der Waals surface area contributed by atoms with Crippen molar-refractivity contribution in [1.29, 1.82) is 0 Å². The van der Waals surface area contributed by atoms with Crippen molar-refractivity contribution in [1.82, 2.24) is 10.2 Å². The highest BCUT2D eigenvalue weighted by Gasteiger charge is 2.59. The highest BCUT2D eigenvalue weighted by molar-refractivity contribution is 6.08. The van der Waals surface area contributed by atoms with Gasteiger partial charge in [0.15, 0.2) is 0 Å². The molecule has 2 bridgehead atoms. The van der Waals surface area contributed by atoms with Crippen LogP contribution in [0.25, 0.3) is 0 Å². The van der Waals surface area contributed by atoms with Gasteiger partial charge >= 0.3 is 0 Å². The zero-order chi connectivity index (χ0) is 20.0. The summed E-state index contributed by atoms with van der Waals surface area (Å²) in [6, 6.07) is 0. The first-order chi connectivity index (χ1) is 14.1. The van der Waals surface area contributed by atoms with Crippen LogP contribution in [0.5, 0.6) is 0 Å². The number of amides is 3. The van der Waals surface area contributed by atoms with Gasteiger partial charge < -0.3 is 10.2 Å². The molecule has 2 heterocycles. The van der Waals surface area contributed by atoms with Gasteiger partial charge in [0.05, 0.1) is 31.5 Å². The Morgan fingerprint density at radius 2 is 1.55 bits per heavy atom. The van der Waals surface area contributed by atoms with E-state index >= 15 is 0 Å². The average Bonchev–Trinajstić information content (AvgIpc) is 3.44. The van der Waals surface area contributed by atoms with Crippen LogP contribution in [0.1, 0.15) is 57.8 Å². The Kier molecular flexibility index (Phi) is 5.01. The fourth-order valence-corrected chi connectivity index (χ4v) is 6.98. The van der Waals surface area contributed by atoms with Crippen LogP contribution in [-0.2, 0) is 14.4 Å². The summed E-state index contributed by atoms with van der Waals surface area (Å²) >= 11 is 0. The second-order valence-electron chi connectivity index (χ2n) is 10.0. The predicted octanol–water partition coefficient (Wildman–Crippen LogP) is 0.681. The molecule has 5 aliphatic rings. The fraction of sp³-hybridized carbons (Fsp3) is 0.783. The van der Waals surface area contributed by atoms with Gasteiger partial charge in [-0.3, -0.25) is 19.3 Å². The average molecular weight is 401 g/mol. The molecule has 2 saturated heterocycles. The first kappa shape index (κ1) is 19.3. The highest BCUT2D eigenvalue weighted by Crippen LogP contribution is 2.52. The number of nitrogens with zero attached hydrogens (tertiary/aromatic N) is 1. The second kappa shape index (κ2) is 7.53. The SMILES string of the molecule is O=C(CN1C(=O)[C@@H]2[C@H](C1=O)[C@H]1C=C[C@@H]2C1)NCC1([NH+]2CCCCC2)CCCCC1. The van der Waals surface area contributed by atoms with E-state index in [0.717, 1.165) is 6.42 Å². The number of carbonyl (C=O) groups excluding carboxylic acids is 3. The number of hydrogen-bond donors (Lipinski definition) is 2. The molecule has 3 amide bonds. The number of likely N-dealkylation sites (tertiary alicyclic amines) is 2. The summed E-state index contributed by atoms with van der Waals surface area (Å²) in [5.74, 6) is -0.457. The fourth-order valence-electron chi connectivity index (χ4n) is 6.98. The van der Waals surface area contributed by atoms with Crippen LogP contribution in [0.2, 0.25) is 0 Å². The number of rotatable bonds is 5. The summed E-state index contributed by atoms with van der Waals surface area (Å²) in [4.78, 5) is 41.3. The molecule has 0 spiro atoms. The van der Waals surface area contributed by atoms with E-state index in [0.29, 0.717) is 6.54 Å². The van der Waals surface area contributed by atoms with Crippen molar-refractivity contribution in [2.24, 2.45) is 23.7 Å². The molecule has 4 fully saturated rings. The van der Waals surface area contributed by atoms with Gasteiger partial charge in [-0.1, -0.05) is 18.6 Å². The van der Waals surface area contributed by atoms with Crippen LogP contribution in [0.3, 0.4) is 0 Å². The number of hydrogen-bond acceptors (Lipinski definition) is 3. The van der Waals surface area contributed by atoms with E-state index in [-0.39, 0.29) is 53.5 Å². The molecule has 158 valence electrons. The Balaban J connectivity index is 1.21. The molecule has 5 rings (SSSR count). The maximum Gasteiger partial charge on any atom is 0.240 e. The summed E-state index contributed by atoms with van der Waals surface area (Å²) < 4.78 is 0. The van der Waals surface area contributed by atoms with Crippen LogP contribution < -0.4 is 10.2 Å². The third-order valence-electron chi connectivity index (χ3n) is 8.51. The molecule has 0 aromatic rings. The minimum atomic E-state index is -0.215. The lowest BCUT2D eigenvalue weighted by atomic mass is 9.79. The first-order valence-electron chi connectivity index (χ1n) is 11.7. The van der Waals surface area contributed by atoms with Crippen molar-refractivity contribution in [3.63, 3.8) is 0 Å². The zero-order valence-electron chi connectivity index (χ0n) is 17.3. The first-order valence-corrected chi connectivity index (χ1v) is 11.7. The molecule has 4 atom stereocenters. The summed E-state index contributed by atoms with van der Waals surface area (Å²) in [5.41, 5.74) is 0.146. The lowest BCUT2D eigenvalue weighted by Gasteiger charge is -2.45. The number of piperidine rings is 1. The Labute approximate surface area is 173 Å². The van der Waals surface area contributed by atoms with E-state index < -0.39 is 0 Å². The predicted molar refractivity (Wildman–Crippen MR) is 108 cm³/mol. The van der Waals surface area contributed by atoms with Crippen LogP contribution in [-0.4, -0.2) is 54.3 Å². The van der Waals surface area contributed by atoms with Crippen LogP contribution in [0, 0.1) is 23.7 Å². The second-order valence-corrected chi connectivity index (χ2v) is 10.0. The molecule has 2 aliphatic heterocycles. The van der Waals surface area contributed by atoms with E-state index in [9.17, 15) is 14.4 Å². The van der Waals surface area contributed by atoms with Crippen molar-refractivity contribution in [3.05, 3.63) is 12.2 Å². The lowest BCUT2D eigenvalue weighted by Crippen LogP contribution is -3.22. The van der Waals surface area contributed by atoms with E-state index in [1.165, 1.54) is 69.4 Å². The molecule has 6 nitrogen and oxygen atoms in total. The molecule has 0 aromatic heterocycles. The Morgan fingerprint density at radius 1 is 0.966 bits per heavy atom. The number of nitrogens with one attached hydrogen (secondary N) is 2. The van der Waals surface area contributed by atoms with Crippen molar-refractivity contribution >= 4 is 17.7 Å². The Bertz CT molecular complexity index is 691. The van der Waals surface area contributed by atoms with Gasteiger partial charge in [-0.05, 0) is 50.4 Å². The summed E-state index contributed by atoms with van der Waals surface area (Å²) in [7, 11) is 0. The lowest BCUT2D eigenvalue weighted by molar-refractivity contribution is -0.957. The maximum atomic E-state index is 12.8. The molecule has 29 heavy (non-hydrogen) atoms. The summed E-state index contributed by atoms with van der Waals surface area (Å²) in [6.45, 7) is 2.99. The van der Waals surface area contributed by atoms with Crippen LogP contribution >= 0.6 is 0 Å². The molecule has 0 aromatic carbocycles. The number of allylic oxidation sites excluding steroid dienone is 2. The molecular formula is C23H34N3O3+. The van der Waals surface area contributed by atoms with Crippen molar-refractivity contribution in [2.45, 2.75) is 63.3 Å². The molecular weight excluding hydrogens is 366 g/mol. The number of carbonyl (C=O) groups is 3. The minimum absolute atomic E-state index is 0.102. The highest BCUT2D eigenvalue weighted by atomic mass is 16.2. The Hall–Kier alpha value is -1.69. The number of quaternary nitrogens is 1. The number of imide groups is 1. The van der Waals surface area contributed by atoms with E-state index in [2.05, 4.69) is 17.5 Å². The van der Waals surface area contributed by atoms with Gasteiger partial charge in [0.2, 0.25) is 17.7 Å². The van der Waals surface area contributed by atoms with Crippen molar-refractivity contribution in [2.75, 3.05) is 26.2 Å². The van der Waals surface area contributed by atoms with E-state index in [4.69, 9.17) is 0 Å². The maximum absolute atomic E-state index is 12.8. The topological polar surface area (TPSA) is 70.9 Å². The monoisotopic (exact) mass is 400 g/mol. The minimum Gasteiger partial charge on any atom is -0.348 e. The van der Waals surface area contributed by atoms with Crippen LogP contribution in [0.4, 0.5) is 0 Å². The van der Waals surface area contributed by atoms with E-state index in [1.54, 1.807) is 4.90 Å². The molecule has 2 N–H and O–H groups in total. The largest absolute Gasteiger partial charge is 0.348 e. The van der Waals surface area contributed by atoms with Crippen molar-refractivity contribution in [3.8, 4) is 0 Å². The molecule has 0 radical (unpaired) electrons. The van der Waals surface area contributed by atoms with Gasteiger partial charge in [-0.15, -0.1) is 0 Å². The standard InChI is InChI=1S/C23H33N3O3/c27-18(14-26-21(28)19-16-7-8-17(13-16)20(19)22(26)29)24-15-23(9-3-1-4-10-23)25-11-5-2-6-12-25/h7-8,16-17,19-20H,1-6,9-15H2,(H,24,27)/p+1/t16-,17+,19+,20-. The number of fused-ring (bicyclic) bond motifs is 5. The quantitative estimate of drug-likeness (QED) is 0.527. The molecule has 6 heteroatoms. The summed E-state index contributed by atoms with van der Waals surface area (Å²) in [6.07, 6.45) is 15.1. The molecule has 2 saturated carbocycles. The van der Waals surface area contributed by atoms with Gasteiger partial charge in [-0.2, -0.15) is 0 Å². The van der Waals surface area contributed by atoms with Gasteiger partial charge in [0.25, 0.3) is 0 Å². The zero-order valence-corrected chi connectivity index (χ0v) is 17.3. The molecule has 0 unspecified atom stereocenters.